The number of alkyl halides is 1. The maximum Gasteiger partial charge on any atom is 0.230 e. The molecule has 2 heterocycles. The minimum atomic E-state index is -1.07. The molecule has 0 spiro atoms. The predicted octanol–water partition coefficient (Wildman–Crippen LogP) is 5.61. The van der Waals surface area contributed by atoms with Gasteiger partial charge in [0.25, 0.3) is 0 Å². The van der Waals surface area contributed by atoms with Crippen LogP contribution in [0.1, 0.15) is 44.6 Å². The van der Waals surface area contributed by atoms with Gasteiger partial charge in [0.2, 0.25) is 5.91 Å². The molecule has 0 radical (unpaired) electrons. The van der Waals surface area contributed by atoms with E-state index in [2.05, 4.69) is 4.90 Å². The molecule has 4 nitrogen and oxygen atoms in total. The number of anilines is 2. The van der Waals surface area contributed by atoms with Crippen molar-refractivity contribution in [3.63, 3.8) is 0 Å². The molecular weight excluding hydrogens is 427 g/mol. The Bertz CT molecular complexity index is 949. The lowest BCUT2D eigenvalue weighted by Crippen LogP contribution is -2.42. The molecular formula is C26H30ClFN2O2. The van der Waals surface area contributed by atoms with E-state index in [4.69, 9.17) is 11.6 Å². The maximum absolute atomic E-state index is 14.1. The summed E-state index contributed by atoms with van der Waals surface area (Å²) in [6.45, 7) is 3.75. The van der Waals surface area contributed by atoms with Crippen molar-refractivity contribution < 1.29 is 14.0 Å². The summed E-state index contributed by atoms with van der Waals surface area (Å²) < 4.78 is 14.1. The maximum atomic E-state index is 14.1. The van der Waals surface area contributed by atoms with Gasteiger partial charge in [-0.25, -0.2) is 4.39 Å². The van der Waals surface area contributed by atoms with Crippen molar-refractivity contribution in [1.29, 1.82) is 0 Å². The Morgan fingerprint density at radius 3 is 2.31 bits per heavy atom. The van der Waals surface area contributed by atoms with Crippen LogP contribution >= 0.6 is 11.6 Å². The molecule has 170 valence electrons. The van der Waals surface area contributed by atoms with E-state index in [0.717, 1.165) is 29.8 Å². The van der Waals surface area contributed by atoms with Gasteiger partial charge < -0.3 is 9.80 Å². The summed E-state index contributed by atoms with van der Waals surface area (Å²) in [5.41, 5.74) is 1.77. The molecule has 6 heteroatoms. The largest absolute Gasteiger partial charge is 0.371 e. The molecule has 1 amide bonds. The number of amides is 1. The fraction of sp³-hybridized carbons (Fsp3) is 0.462. The highest BCUT2D eigenvalue weighted by Gasteiger charge is 2.32. The van der Waals surface area contributed by atoms with E-state index < -0.39 is 5.67 Å². The van der Waals surface area contributed by atoms with Gasteiger partial charge in [0.1, 0.15) is 11.5 Å². The van der Waals surface area contributed by atoms with Crippen LogP contribution in [0.2, 0.25) is 5.02 Å². The Morgan fingerprint density at radius 2 is 1.66 bits per heavy atom. The highest BCUT2D eigenvalue weighted by atomic mass is 35.5. The van der Waals surface area contributed by atoms with Crippen molar-refractivity contribution in [2.24, 2.45) is 5.92 Å². The average molecular weight is 457 g/mol. The first-order chi connectivity index (χ1) is 15.3. The minimum absolute atomic E-state index is 0.0274. The third-order valence-electron chi connectivity index (χ3n) is 6.67. The predicted molar refractivity (Wildman–Crippen MR) is 127 cm³/mol. The molecule has 0 aromatic heterocycles. The molecule has 0 N–H and O–H groups in total. The molecule has 4 rings (SSSR count). The number of carbonyl (C=O) groups is 2. The Labute approximate surface area is 194 Å². The van der Waals surface area contributed by atoms with Gasteiger partial charge in [-0.1, -0.05) is 23.7 Å². The zero-order chi connectivity index (χ0) is 22.7. The lowest BCUT2D eigenvalue weighted by Gasteiger charge is -2.36. The van der Waals surface area contributed by atoms with E-state index in [1.807, 2.05) is 41.3 Å². The number of halogens is 2. The van der Waals surface area contributed by atoms with E-state index >= 15 is 0 Å². The molecule has 2 aromatic carbocycles. The van der Waals surface area contributed by atoms with Crippen LogP contribution in [-0.2, 0) is 16.0 Å². The van der Waals surface area contributed by atoms with Gasteiger partial charge in [-0.05, 0) is 74.6 Å². The van der Waals surface area contributed by atoms with Crippen LogP contribution in [0, 0.1) is 5.92 Å². The van der Waals surface area contributed by atoms with Gasteiger partial charge in [-0.15, -0.1) is 0 Å². The van der Waals surface area contributed by atoms with Crippen molar-refractivity contribution in [3.05, 3.63) is 59.1 Å². The van der Waals surface area contributed by atoms with Crippen LogP contribution in [-0.4, -0.2) is 37.0 Å². The first-order valence-corrected chi connectivity index (χ1v) is 11.8. The van der Waals surface area contributed by atoms with Crippen LogP contribution in [0.5, 0.6) is 0 Å². The van der Waals surface area contributed by atoms with Crippen LogP contribution < -0.4 is 9.80 Å². The zero-order valence-electron chi connectivity index (χ0n) is 18.5. The van der Waals surface area contributed by atoms with Crippen LogP contribution in [0.25, 0.3) is 0 Å². The molecule has 0 unspecified atom stereocenters. The summed E-state index contributed by atoms with van der Waals surface area (Å²) in [5, 5.41) is 0.645. The lowest BCUT2D eigenvalue weighted by atomic mass is 9.90. The molecule has 32 heavy (non-hydrogen) atoms. The standard InChI is InChI=1S/C26H30ClFN2O2/c1-26(28)12-15-29(16-13-26)22-8-10-23(11-9-22)30-14-2-3-20(25(30)32)18-24(31)17-19-4-6-21(27)7-5-19/h4-11,20H,2-3,12-18H2,1H3/t20-/m0/s1. The summed E-state index contributed by atoms with van der Waals surface area (Å²) >= 11 is 5.91. The fourth-order valence-electron chi connectivity index (χ4n) is 4.65. The lowest BCUT2D eigenvalue weighted by molar-refractivity contribution is -0.128. The van der Waals surface area contributed by atoms with E-state index in [1.165, 1.54) is 0 Å². The second-order valence-electron chi connectivity index (χ2n) is 9.29. The molecule has 0 aliphatic carbocycles. The van der Waals surface area contributed by atoms with Crippen molar-refractivity contribution in [3.8, 4) is 0 Å². The minimum Gasteiger partial charge on any atom is -0.371 e. The van der Waals surface area contributed by atoms with Crippen molar-refractivity contribution >= 4 is 34.7 Å². The molecule has 2 aliphatic heterocycles. The van der Waals surface area contributed by atoms with E-state index in [-0.39, 0.29) is 24.0 Å². The third kappa shape index (κ3) is 5.50. The normalized spacial score (nSPS) is 21.0. The van der Waals surface area contributed by atoms with Gasteiger partial charge >= 0.3 is 0 Å². The summed E-state index contributed by atoms with van der Waals surface area (Å²) in [6.07, 6.45) is 3.29. The van der Waals surface area contributed by atoms with Crippen molar-refractivity contribution in [2.75, 3.05) is 29.4 Å². The number of ketones is 1. The molecule has 0 saturated carbocycles. The van der Waals surface area contributed by atoms with Gasteiger partial charge in [0, 0.05) is 54.8 Å². The third-order valence-corrected chi connectivity index (χ3v) is 6.92. The highest BCUT2D eigenvalue weighted by Crippen LogP contribution is 2.31. The fourth-order valence-corrected chi connectivity index (χ4v) is 4.77. The van der Waals surface area contributed by atoms with E-state index in [0.29, 0.717) is 43.9 Å². The van der Waals surface area contributed by atoms with E-state index in [1.54, 1.807) is 19.1 Å². The second kappa shape index (κ2) is 9.62. The molecule has 2 aliphatic rings. The highest BCUT2D eigenvalue weighted by molar-refractivity contribution is 6.30. The topological polar surface area (TPSA) is 40.6 Å². The number of piperidine rings is 2. The Kier molecular flexibility index (Phi) is 6.85. The second-order valence-corrected chi connectivity index (χ2v) is 9.73. The Morgan fingerprint density at radius 1 is 1.03 bits per heavy atom. The Hall–Kier alpha value is -2.40. The van der Waals surface area contributed by atoms with Crippen LogP contribution in [0.4, 0.5) is 15.8 Å². The smallest absolute Gasteiger partial charge is 0.230 e. The van der Waals surface area contributed by atoms with Gasteiger partial charge in [-0.3, -0.25) is 9.59 Å². The summed E-state index contributed by atoms with van der Waals surface area (Å²) in [7, 11) is 0. The quantitative estimate of drug-likeness (QED) is 0.567. The van der Waals surface area contributed by atoms with Gasteiger partial charge in [0.15, 0.2) is 0 Å². The number of benzene rings is 2. The molecule has 0 bridgehead atoms. The number of nitrogens with zero attached hydrogens (tertiary/aromatic N) is 2. The molecule has 2 aromatic rings. The van der Waals surface area contributed by atoms with Crippen molar-refractivity contribution in [1.82, 2.24) is 0 Å². The van der Waals surface area contributed by atoms with Crippen LogP contribution in [0.3, 0.4) is 0 Å². The van der Waals surface area contributed by atoms with Crippen molar-refractivity contribution in [2.45, 2.75) is 51.1 Å². The SMILES string of the molecule is CC1(F)CCN(c2ccc(N3CCC[C@@H](CC(=O)Cc4ccc(Cl)cc4)C3=O)cc2)CC1. The molecule has 2 saturated heterocycles. The Balaban J connectivity index is 1.36. The van der Waals surface area contributed by atoms with Crippen LogP contribution in [0.15, 0.2) is 48.5 Å². The number of hydrogen-bond donors (Lipinski definition) is 0. The summed E-state index contributed by atoms with van der Waals surface area (Å²) in [5.74, 6) is -0.167. The molecule has 2 fully saturated rings. The number of hydrogen-bond acceptors (Lipinski definition) is 3. The first-order valence-electron chi connectivity index (χ1n) is 11.4. The summed E-state index contributed by atoms with van der Waals surface area (Å²) in [6, 6.07) is 15.2. The molecule has 1 atom stereocenters. The number of carbonyl (C=O) groups excluding carboxylic acids is 2. The van der Waals surface area contributed by atoms with Gasteiger partial charge in [-0.2, -0.15) is 0 Å². The van der Waals surface area contributed by atoms with Gasteiger partial charge in [0.05, 0.1) is 0 Å². The first kappa shape index (κ1) is 22.8. The van der Waals surface area contributed by atoms with E-state index in [9.17, 15) is 14.0 Å². The zero-order valence-corrected chi connectivity index (χ0v) is 19.3. The average Bonchev–Trinajstić information content (AvgIpc) is 2.77. The summed E-state index contributed by atoms with van der Waals surface area (Å²) in [4.78, 5) is 29.7. The monoisotopic (exact) mass is 456 g/mol. The number of rotatable bonds is 6. The number of Topliss-reactive ketones (excluding diaryl/α,β-unsaturated/α-hetero) is 1.